The van der Waals surface area contributed by atoms with Crippen molar-refractivity contribution in [1.82, 2.24) is 9.80 Å². The molecule has 0 radical (unpaired) electrons. The second kappa shape index (κ2) is 12.2. The van der Waals surface area contributed by atoms with Gasteiger partial charge in [0.25, 0.3) is 11.7 Å². The van der Waals surface area contributed by atoms with Gasteiger partial charge < -0.3 is 24.0 Å². The van der Waals surface area contributed by atoms with E-state index in [9.17, 15) is 19.2 Å². The standard InChI is InChI=1S/C32H42N2O7/c1-5-6-7-13-23-29(36)21(19-11-8-9-12-19)18-25-22-14-10-15-24(31(37)34(23)25)33(22)32(38)28(35)20-16-26(39-2)30(41-4)27(17-20)40-3/h16-19,21-24H,5-15H2,1-4H3. The first-order chi connectivity index (χ1) is 19.9. The number of benzene rings is 1. The Morgan fingerprint density at radius 1 is 0.878 bits per heavy atom. The molecule has 1 saturated carbocycles. The summed E-state index contributed by atoms with van der Waals surface area (Å²) in [5.74, 6) is -0.657. The van der Waals surface area contributed by atoms with Crippen LogP contribution in [0.4, 0.5) is 0 Å². The number of piperazine rings is 1. The zero-order valence-electron chi connectivity index (χ0n) is 24.6. The molecule has 3 heterocycles. The van der Waals surface area contributed by atoms with Crippen LogP contribution >= 0.6 is 0 Å². The van der Waals surface area contributed by atoms with Crippen molar-refractivity contribution < 1.29 is 33.4 Å². The van der Waals surface area contributed by atoms with Crippen LogP contribution in [0.1, 0.15) is 87.9 Å². The Bertz CT molecular complexity index is 1210. The molecule has 4 atom stereocenters. The molecular formula is C32H42N2O7. The summed E-state index contributed by atoms with van der Waals surface area (Å²) < 4.78 is 16.2. The predicted octanol–water partition coefficient (Wildman–Crippen LogP) is 4.71. The number of nitrogens with zero attached hydrogens (tertiary/aromatic N) is 2. The molecule has 1 aliphatic carbocycles. The lowest BCUT2D eigenvalue weighted by molar-refractivity contribution is -0.158. The summed E-state index contributed by atoms with van der Waals surface area (Å²) in [6.45, 7) is 2.13. The van der Waals surface area contributed by atoms with E-state index in [1.165, 1.54) is 38.4 Å². The van der Waals surface area contributed by atoms with Gasteiger partial charge in [-0.3, -0.25) is 19.2 Å². The van der Waals surface area contributed by atoms with Gasteiger partial charge in [-0.15, -0.1) is 0 Å². The van der Waals surface area contributed by atoms with Gasteiger partial charge in [0.05, 0.1) is 33.4 Å². The number of hydrogen-bond donors (Lipinski definition) is 0. The maximum Gasteiger partial charge on any atom is 0.296 e. The first-order valence-corrected chi connectivity index (χ1v) is 15.1. The van der Waals surface area contributed by atoms with Gasteiger partial charge in [-0.05, 0) is 56.6 Å². The topological polar surface area (TPSA) is 102 Å². The highest BCUT2D eigenvalue weighted by Crippen LogP contribution is 2.45. The van der Waals surface area contributed by atoms with Gasteiger partial charge in [0, 0.05) is 17.2 Å². The van der Waals surface area contributed by atoms with Crippen LogP contribution in [0.2, 0.25) is 0 Å². The van der Waals surface area contributed by atoms with Gasteiger partial charge >= 0.3 is 0 Å². The van der Waals surface area contributed by atoms with E-state index in [4.69, 9.17) is 14.2 Å². The molecule has 2 bridgehead atoms. The highest BCUT2D eigenvalue weighted by Gasteiger charge is 2.55. The molecule has 222 valence electrons. The van der Waals surface area contributed by atoms with Crippen molar-refractivity contribution in [2.45, 2.75) is 95.7 Å². The van der Waals surface area contributed by atoms with Crippen molar-refractivity contribution in [3.63, 3.8) is 0 Å². The van der Waals surface area contributed by atoms with Gasteiger partial charge in [0.2, 0.25) is 11.7 Å². The van der Waals surface area contributed by atoms with Crippen molar-refractivity contribution in [2.75, 3.05) is 21.3 Å². The second-order valence-electron chi connectivity index (χ2n) is 11.7. The Balaban J connectivity index is 1.52. The summed E-state index contributed by atoms with van der Waals surface area (Å²) in [7, 11) is 4.37. The third-order valence-corrected chi connectivity index (χ3v) is 9.43. The van der Waals surface area contributed by atoms with Crippen molar-refractivity contribution >= 4 is 23.4 Å². The number of piperidine rings is 1. The molecule has 5 rings (SSSR count). The van der Waals surface area contributed by atoms with Crippen molar-refractivity contribution in [2.24, 2.45) is 11.8 Å². The van der Waals surface area contributed by atoms with Gasteiger partial charge in [0.15, 0.2) is 17.3 Å². The number of ether oxygens (including phenoxy) is 3. The van der Waals surface area contributed by atoms with Crippen LogP contribution in [0.5, 0.6) is 17.2 Å². The molecule has 9 nitrogen and oxygen atoms in total. The molecule has 3 aliphatic heterocycles. The smallest absolute Gasteiger partial charge is 0.296 e. The van der Waals surface area contributed by atoms with Crippen LogP contribution < -0.4 is 14.2 Å². The molecule has 4 unspecified atom stereocenters. The molecule has 3 fully saturated rings. The zero-order valence-corrected chi connectivity index (χ0v) is 24.6. The summed E-state index contributed by atoms with van der Waals surface area (Å²) in [6, 6.07) is 1.25. The monoisotopic (exact) mass is 566 g/mol. The minimum Gasteiger partial charge on any atom is -0.493 e. The van der Waals surface area contributed by atoms with Crippen LogP contribution in [0.3, 0.4) is 0 Å². The van der Waals surface area contributed by atoms with E-state index >= 15 is 0 Å². The van der Waals surface area contributed by atoms with E-state index in [-0.39, 0.29) is 40.6 Å². The molecule has 41 heavy (non-hydrogen) atoms. The number of unbranched alkanes of at least 4 members (excludes halogenated alkanes) is 2. The van der Waals surface area contributed by atoms with Gasteiger partial charge in [-0.1, -0.05) is 45.1 Å². The Kier molecular flexibility index (Phi) is 8.71. The number of allylic oxidation sites excluding steroid dienone is 1. The number of fused-ring (bicyclic) bond motifs is 4. The van der Waals surface area contributed by atoms with E-state index in [2.05, 4.69) is 6.92 Å². The number of amides is 2. The van der Waals surface area contributed by atoms with Gasteiger partial charge in [-0.2, -0.15) is 0 Å². The fourth-order valence-corrected chi connectivity index (χ4v) is 7.40. The first-order valence-electron chi connectivity index (χ1n) is 15.1. The molecule has 0 aromatic heterocycles. The molecule has 2 amide bonds. The first kappa shape index (κ1) is 29.1. The molecule has 1 aromatic rings. The Morgan fingerprint density at radius 2 is 1.54 bits per heavy atom. The van der Waals surface area contributed by atoms with Crippen molar-refractivity contribution in [1.29, 1.82) is 0 Å². The average molecular weight is 567 g/mol. The number of hydrogen-bond acceptors (Lipinski definition) is 7. The fraction of sp³-hybridized carbons (Fsp3) is 0.625. The van der Waals surface area contributed by atoms with Crippen LogP contribution in [0.15, 0.2) is 23.9 Å². The van der Waals surface area contributed by atoms with E-state index < -0.39 is 29.8 Å². The predicted molar refractivity (Wildman–Crippen MR) is 152 cm³/mol. The Morgan fingerprint density at radius 3 is 2.15 bits per heavy atom. The van der Waals surface area contributed by atoms with Gasteiger partial charge in [-0.25, -0.2) is 0 Å². The lowest BCUT2D eigenvalue weighted by atomic mass is 9.75. The van der Waals surface area contributed by atoms with E-state index in [1.54, 1.807) is 4.90 Å². The highest BCUT2D eigenvalue weighted by atomic mass is 16.5. The second-order valence-corrected chi connectivity index (χ2v) is 11.7. The Labute approximate surface area is 242 Å². The number of ketones is 2. The van der Waals surface area contributed by atoms with Crippen LogP contribution in [0, 0.1) is 11.8 Å². The summed E-state index contributed by atoms with van der Waals surface area (Å²) >= 11 is 0. The van der Waals surface area contributed by atoms with Gasteiger partial charge in [0.1, 0.15) is 6.04 Å². The SMILES string of the molecule is CCCCCC1C(=O)C(C2CCCC2)C=C2C3CCCC(C(=O)N21)N3C(=O)C(=O)c1cc(OC)c(OC)c(OC)c1. The summed E-state index contributed by atoms with van der Waals surface area (Å²) in [4.78, 5) is 58.9. The summed E-state index contributed by atoms with van der Waals surface area (Å²) in [5, 5.41) is 0. The number of methoxy groups -OCH3 is 3. The van der Waals surface area contributed by atoms with Crippen LogP contribution in [-0.2, 0) is 14.4 Å². The lowest BCUT2D eigenvalue weighted by Gasteiger charge is -2.54. The number of rotatable bonds is 10. The zero-order chi connectivity index (χ0) is 29.3. The molecule has 4 aliphatic rings. The third-order valence-electron chi connectivity index (χ3n) is 9.43. The van der Waals surface area contributed by atoms with E-state index in [1.807, 2.05) is 6.08 Å². The molecule has 1 aromatic carbocycles. The van der Waals surface area contributed by atoms with E-state index in [0.717, 1.165) is 57.1 Å². The molecule has 9 heteroatoms. The highest BCUT2D eigenvalue weighted by molar-refractivity contribution is 6.43. The summed E-state index contributed by atoms with van der Waals surface area (Å²) in [6.07, 6.45) is 11.6. The quantitative estimate of drug-likeness (QED) is 0.230. The largest absolute Gasteiger partial charge is 0.493 e. The van der Waals surface area contributed by atoms with Crippen LogP contribution in [0.25, 0.3) is 0 Å². The maximum atomic E-state index is 14.1. The molecule has 2 saturated heterocycles. The minimum absolute atomic E-state index is 0.103. The molecule has 0 N–H and O–H groups in total. The molecular weight excluding hydrogens is 524 g/mol. The maximum absolute atomic E-state index is 14.1. The lowest BCUT2D eigenvalue weighted by Crippen LogP contribution is -2.68. The summed E-state index contributed by atoms with van der Waals surface area (Å²) in [5.41, 5.74) is 0.849. The minimum atomic E-state index is -0.770. The van der Waals surface area contributed by atoms with Crippen molar-refractivity contribution in [3.8, 4) is 17.2 Å². The average Bonchev–Trinajstić information content (AvgIpc) is 3.53. The van der Waals surface area contributed by atoms with Crippen molar-refractivity contribution in [3.05, 3.63) is 29.5 Å². The number of Topliss-reactive ketones (excluding diaryl/α,β-unsaturated/α-hetero) is 2. The van der Waals surface area contributed by atoms with Crippen LogP contribution in [-0.4, -0.2) is 72.6 Å². The number of carbonyl (C=O) groups is 4. The third kappa shape index (κ3) is 5.12. The number of carbonyl (C=O) groups excluding carboxylic acids is 4. The van der Waals surface area contributed by atoms with E-state index in [0.29, 0.717) is 25.0 Å². The normalized spacial score (nSPS) is 26.0. The fourth-order valence-electron chi connectivity index (χ4n) is 7.40. The molecule has 0 spiro atoms. The Hall–Kier alpha value is -3.36.